The number of aryl methyl sites for hydroxylation is 2. The van der Waals surface area contributed by atoms with Crippen molar-refractivity contribution < 1.29 is 4.74 Å². The minimum Gasteiger partial charge on any atom is -0.375 e. The monoisotopic (exact) mass is 537 g/mol. The normalized spacial score (nSPS) is 16.6. The van der Waals surface area contributed by atoms with Gasteiger partial charge in [0.15, 0.2) is 5.96 Å². The van der Waals surface area contributed by atoms with Gasteiger partial charge in [-0.05, 0) is 51.3 Å². The van der Waals surface area contributed by atoms with Crippen LogP contribution in [0, 0.1) is 13.8 Å². The van der Waals surface area contributed by atoms with Gasteiger partial charge in [-0.2, -0.15) is 0 Å². The lowest BCUT2D eigenvalue weighted by atomic mass is 10.1. The second-order valence-corrected chi connectivity index (χ2v) is 8.02. The van der Waals surface area contributed by atoms with Gasteiger partial charge in [0.1, 0.15) is 5.82 Å². The van der Waals surface area contributed by atoms with Crippen LogP contribution in [0.15, 0.2) is 41.5 Å². The number of aliphatic imine (C=N–C) groups is 1. The average Bonchev–Trinajstić information content (AvgIpc) is 2.72. The molecule has 1 unspecified atom stereocenters. The number of nitrogens with zero attached hydrogens (tertiary/aromatic N) is 3. The van der Waals surface area contributed by atoms with E-state index in [0.29, 0.717) is 6.54 Å². The lowest BCUT2D eigenvalue weighted by Gasteiger charge is -2.32. The third kappa shape index (κ3) is 8.29. The number of guanidine groups is 1. The van der Waals surface area contributed by atoms with E-state index in [9.17, 15) is 0 Å². The summed E-state index contributed by atoms with van der Waals surface area (Å²) in [6.45, 7) is 13.3. The van der Waals surface area contributed by atoms with Crippen molar-refractivity contribution in [3.63, 3.8) is 0 Å². The predicted molar refractivity (Wildman–Crippen MR) is 140 cm³/mol. The molecule has 0 radical (unpaired) electrons. The van der Waals surface area contributed by atoms with Crippen LogP contribution in [0.25, 0.3) is 0 Å². The van der Waals surface area contributed by atoms with Gasteiger partial charge in [-0.1, -0.05) is 35.4 Å². The molecule has 3 rings (SSSR count). The second kappa shape index (κ2) is 12.9. The van der Waals surface area contributed by atoms with Gasteiger partial charge in [-0.15, -0.1) is 24.0 Å². The van der Waals surface area contributed by atoms with Crippen molar-refractivity contribution in [1.82, 2.24) is 15.6 Å². The average molecular weight is 537 g/mol. The maximum atomic E-state index is 5.61. The number of aromatic nitrogens is 1. The first kappa shape index (κ1) is 25.4. The minimum atomic E-state index is 0. The number of ether oxygens (including phenoxy) is 1. The number of pyridine rings is 1. The summed E-state index contributed by atoms with van der Waals surface area (Å²) in [5.74, 6) is 1.85. The molecule has 170 valence electrons. The molecule has 2 heterocycles. The van der Waals surface area contributed by atoms with Gasteiger partial charge in [-0.25, -0.2) is 9.98 Å². The molecule has 1 atom stereocenters. The van der Waals surface area contributed by atoms with Crippen LogP contribution in [0.5, 0.6) is 0 Å². The summed E-state index contributed by atoms with van der Waals surface area (Å²) in [5, 5.41) is 6.77. The van der Waals surface area contributed by atoms with Crippen molar-refractivity contribution in [3.05, 3.63) is 58.8 Å². The number of hydrogen-bond acceptors (Lipinski definition) is 4. The first-order valence-electron chi connectivity index (χ1n) is 10.9. The Labute approximate surface area is 203 Å². The number of rotatable bonds is 7. The SMILES string of the molecule is CCNC(=NCc1ccc(N2CCOC(C)C2)nc1)NCCc1cc(C)cc(C)c1.I. The first-order valence-corrected chi connectivity index (χ1v) is 10.9. The highest BCUT2D eigenvalue weighted by Gasteiger charge is 2.17. The second-order valence-electron chi connectivity index (χ2n) is 8.02. The summed E-state index contributed by atoms with van der Waals surface area (Å²) < 4.78 is 5.61. The van der Waals surface area contributed by atoms with Crippen LogP contribution < -0.4 is 15.5 Å². The number of anilines is 1. The Morgan fingerprint density at radius 2 is 1.94 bits per heavy atom. The van der Waals surface area contributed by atoms with Crippen LogP contribution in [0.1, 0.15) is 36.1 Å². The van der Waals surface area contributed by atoms with Crippen LogP contribution >= 0.6 is 24.0 Å². The first-order chi connectivity index (χ1) is 14.5. The molecule has 31 heavy (non-hydrogen) atoms. The highest BCUT2D eigenvalue weighted by atomic mass is 127. The minimum absolute atomic E-state index is 0. The topological polar surface area (TPSA) is 61.8 Å². The van der Waals surface area contributed by atoms with Gasteiger partial charge >= 0.3 is 0 Å². The molecule has 2 aromatic rings. The van der Waals surface area contributed by atoms with E-state index >= 15 is 0 Å². The molecule has 0 amide bonds. The van der Waals surface area contributed by atoms with E-state index in [-0.39, 0.29) is 30.1 Å². The Morgan fingerprint density at radius 1 is 1.16 bits per heavy atom. The molecule has 1 saturated heterocycles. The van der Waals surface area contributed by atoms with Gasteiger partial charge < -0.3 is 20.3 Å². The Balaban J connectivity index is 0.00000341. The Kier molecular flexibility index (Phi) is 10.5. The van der Waals surface area contributed by atoms with E-state index in [1.54, 1.807) is 0 Å². The molecule has 1 aromatic carbocycles. The van der Waals surface area contributed by atoms with E-state index < -0.39 is 0 Å². The van der Waals surface area contributed by atoms with Crippen molar-refractivity contribution in [2.45, 2.75) is 46.8 Å². The summed E-state index contributed by atoms with van der Waals surface area (Å²) in [6, 6.07) is 10.9. The number of halogens is 1. The molecule has 1 aliphatic rings. The van der Waals surface area contributed by atoms with E-state index in [2.05, 4.69) is 78.5 Å². The maximum absolute atomic E-state index is 5.61. The van der Waals surface area contributed by atoms with Crippen LogP contribution in [-0.4, -0.2) is 49.8 Å². The molecule has 0 spiro atoms. The largest absolute Gasteiger partial charge is 0.375 e. The smallest absolute Gasteiger partial charge is 0.191 e. The number of morpholine rings is 1. The molecule has 1 aromatic heterocycles. The van der Waals surface area contributed by atoms with E-state index in [0.717, 1.165) is 56.5 Å². The third-order valence-corrected chi connectivity index (χ3v) is 5.13. The fraction of sp³-hybridized carbons (Fsp3) is 0.500. The highest BCUT2D eigenvalue weighted by molar-refractivity contribution is 14.0. The molecule has 0 saturated carbocycles. The molecule has 1 fully saturated rings. The quantitative estimate of drug-likeness (QED) is 0.320. The van der Waals surface area contributed by atoms with Gasteiger partial charge in [-0.3, -0.25) is 0 Å². The van der Waals surface area contributed by atoms with Crippen molar-refractivity contribution in [1.29, 1.82) is 0 Å². The molecule has 1 aliphatic heterocycles. The lowest BCUT2D eigenvalue weighted by Crippen LogP contribution is -2.41. The number of nitrogens with one attached hydrogen (secondary N) is 2. The Morgan fingerprint density at radius 3 is 2.58 bits per heavy atom. The number of benzene rings is 1. The van der Waals surface area contributed by atoms with Gasteiger partial charge in [0, 0.05) is 32.4 Å². The molecule has 2 N–H and O–H groups in total. The lowest BCUT2D eigenvalue weighted by molar-refractivity contribution is 0.0529. The zero-order chi connectivity index (χ0) is 21.3. The zero-order valence-electron chi connectivity index (χ0n) is 19.1. The van der Waals surface area contributed by atoms with Gasteiger partial charge in [0.25, 0.3) is 0 Å². The highest BCUT2D eigenvalue weighted by Crippen LogP contribution is 2.15. The molecular formula is C24H36IN5O. The summed E-state index contributed by atoms with van der Waals surface area (Å²) in [7, 11) is 0. The van der Waals surface area contributed by atoms with Crippen molar-refractivity contribution >= 4 is 35.8 Å². The van der Waals surface area contributed by atoms with Crippen LogP contribution in [0.3, 0.4) is 0 Å². The van der Waals surface area contributed by atoms with Crippen LogP contribution in [-0.2, 0) is 17.7 Å². The summed E-state index contributed by atoms with van der Waals surface area (Å²) >= 11 is 0. The van der Waals surface area contributed by atoms with E-state index in [1.807, 2.05) is 6.20 Å². The fourth-order valence-electron chi connectivity index (χ4n) is 3.77. The molecule has 0 aliphatic carbocycles. The molecule has 0 bridgehead atoms. The summed E-state index contributed by atoms with van der Waals surface area (Å²) in [5.41, 5.74) is 5.08. The van der Waals surface area contributed by atoms with Crippen molar-refractivity contribution in [3.8, 4) is 0 Å². The van der Waals surface area contributed by atoms with Gasteiger partial charge in [0.05, 0.1) is 19.3 Å². The molecule has 7 heteroatoms. The third-order valence-electron chi connectivity index (χ3n) is 5.13. The molecule has 6 nitrogen and oxygen atoms in total. The van der Waals surface area contributed by atoms with Crippen LogP contribution in [0.2, 0.25) is 0 Å². The predicted octanol–water partition coefficient (Wildman–Crippen LogP) is 3.84. The standard InChI is InChI=1S/C24H35N5O.HI/c1-5-25-24(26-9-8-21-13-18(2)12-19(3)14-21)28-16-22-6-7-23(27-15-22)29-10-11-30-20(4)17-29;/h6-7,12-15,20H,5,8-11,16-17H2,1-4H3,(H2,25,26,28);1H. The summed E-state index contributed by atoms with van der Waals surface area (Å²) in [6.07, 6.45) is 3.15. The maximum Gasteiger partial charge on any atom is 0.191 e. The molecular weight excluding hydrogens is 501 g/mol. The Bertz CT molecular complexity index is 820. The van der Waals surface area contributed by atoms with Crippen molar-refractivity contribution in [2.75, 3.05) is 37.7 Å². The number of hydrogen-bond donors (Lipinski definition) is 2. The van der Waals surface area contributed by atoms with Gasteiger partial charge in [0.2, 0.25) is 0 Å². The fourth-order valence-corrected chi connectivity index (χ4v) is 3.77. The zero-order valence-corrected chi connectivity index (χ0v) is 21.5. The van der Waals surface area contributed by atoms with Crippen molar-refractivity contribution in [2.24, 2.45) is 4.99 Å². The van der Waals surface area contributed by atoms with E-state index in [1.165, 1.54) is 16.7 Å². The Hall–Kier alpha value is -1.87. The summed E-state index contributed by atoms with van der Waals surface area (Å²) in [4.78, 5) is 11.6. The van der Waals surface area contributed by atoms with Crippen LogP contribution in [0.4, 0.5) is 5.82 Å². The van der Waals surface area contributed by atoms with E-state index in [4.69, 9.17) is 9.73 Å².